The van der Waals surface area contributed by atoms with Gasteiger partial charge < -0.3 is 15.1 Å². The first-order valence-corrected chi connectivity index (χ1v) is 12.4. The molecule has 2 amide bonds. The molecule has 2 aromatic rings. The summed E-state index contributed by atoms with van der Waals surface area (Å²) in [6, 6.07) is 15.6. The van der Waals surface area contributed by atoms with Crippen molar-refractivity contribution in [3.63, 3.8) is 0 Å². The minimum absolute atomic E-state index is 0.00551. The second kappa shape index (κ2) is 11.2. The van der Waals surface area contributed by atoms with Crippen molar-refractivity contribution in [3.8, 4) is 0 Å². The van der Waals surface area contributed by atoms with Crippen molar-refractivity contribution in [1.82, 2.24) is 15.1 Å². The van der Waals surface area contributed by atoms with E-state index in [1.807, 2.05) is 17.9 Å². The van der Waals surface area contributed by atoms with Gasteiger partial charge in [0.15, 0.2) is 0 Å². The van der Waals surface area contributed by atoms with Crippen LogP contribution in [0.15, 0.2) is 48.5 Å². The molecule has 7 heteroatoms. The molecular weight excluding hydrogens is 439 g/mol. The van der Waals surface area contributed by atoms with Crippen LogP contribution in [0.2, 0.25) is 5.02 Å². The van der Waals surface area contributed by atoms with Crippen molar-refractivity contribution >= 4 is 23.3 Å². The van der Waals surface area contributed by atoms with Crippen LogP contribution in [0.4, 0.5) is 14.9 Å². The highest BCUT2D eigenvalue weighted by Gasteiger charge is 2.28. The number of carbonyl (C=O) groups excluding carboxylic acids is 1. The first-order valence-electron chi connectivity index (χ1n) is 12.0. The summed E-state index contributed by atoms with van der Waals surface area (Å²) in [6.07, 6.45) is 3.41. The first kappa shape index (κ1) is 23.8. The van der Waals surface area contributed by atoms with E-state index in [2.05, 4.69) is 45.4 Å². The Kier molecular flexibility index (Phi) is 8.10. The Morgan fingerprint density at radius 2 is 1.85 bits per heavy atom. The van der Waals surface area contributed by atoms with Gasteiger partial charge in [-0.1, -0.05) is 41.9 Å². The Morgan fingerprint density at radius 1 is 1.09 bits per heavy atom. The smallest absolute Gasteiger partial charge is 0.317 e. The lowest BCUT2D eigenvalue weighted by Crippen LogP contribution is -2.56. The van der Waals surface area contributed by atoms with E-state index < -0.39 is 5.82 Å². The zero-order valence-corrected chi connectivity index (χ0v) is 20.1. The predicted molar refractivity (Wildman–Crippen MR) is 132 cm³/mol. The molecule has 2 aliphatic rings. The predicted octanol–water partition coefficient (Wildman–Crippen LogP) is 5.00. The maximum absolute atomic E-state index is 13.8. The second-order valence-corrected chi connectivity index (χ2v) is 9.72. The molecule has 0 spiro atoms. The van der Waals surface area contributed by atoms with Gasteiger partial charge in [-0.05, 0) is 69.0 Å². The third kappa shape index (κ3) is 6.39. The summed E-state index contributed by atoms with van der Waals surface area (Å²) in [5.41, 5.74) is 2.18. The molecule has 0 unspecified atom stereocenters. The summed E-state index contributed by atoms with van der Waals surface area (Å²) in [5.74, 6) is 0.263. The SMILES string of the molecule is C[C@@H]1CN(c2ccc(Cl)c(F)c2)CCN1C(=O)NCCC1CCN(Cc2ccccc2)CC1. The average Bonchev–Trinajstić information content (AvgIpc) is 2.82. The maximum Gasteiger partial charge on any atom is 0.317 e. The van der Waals surface area contributed by atoms with Crippen LogP contribution in [0.5, 0.6) is 0 Å². The van der Waals surface area contributed by atoms with Gasteiger partial charge in [0, 0.05) is 44.5 Å². The van der Waals surface area contributed by atoms with Crippen molar-refractivity contribution in [1.29, 1.82) is 0 Å². The van der Waals surface area contributed by atoms with E-state index in [0.717, 1.165) is 38.3 Å². The molecule has 0 bridgehead atoms. The molecule has 0 radical (unpaired) electrons. The van der Waals surface area contributed by atoms with E-state index in [9.17, 15) is 9.18 Å². The van der Waals surface area contributed by atoms with Gasteiger partial charge in [-0.2, -0.15) is 0 Å². The van der Waals surface area contributed by atoms with Crippen LogP contribution in [0, 0.1) is 11.7 Å². The number of rotatable bonds is 6. The zero-order chi connectivity index (χ0) is 23.2. The monoisotopic (exact) mass is 472 g/mol. The number of nitrogens with one attached hydrogen (secondary N) is 1. The molecule has 0 aliphatic carbocycles. The molecule has 2 heterocycles. The van der Waals surface area contributed by atoms with E-state index in [-0.39, 0.29) is 17.1 Å². The minimum atomic E-state index is -0.409. The van der Waals surface area contributed by atoms with Gasteiger partial charge >= 0.3 is 6.03 Å². The van der Waals surface area contributed by atoms with E-state index in [0.29, 0.717) is 25.6 Å². The van der Waals surface area contributed by atoms with Crippen LogP contribution in [-0.2, 0) is 6.54 Å². The summed E-state index contributed by atoms with van der Waals surface area (Å²) in [6.45, 7) is 8.01. The number of halogens is 2. The average molecular weight is 473 g/mol. The number of benzene rings is 2. The number of piperidine rings is 1. The van der Waals surface area contributed by atoms with E-state index in [4.69, 9.17) is 11.6 Å². The largest absolute Gasteiger partial charge is 0.368 e. The fraction of sp³-hybridized carbons (Fsp3) is 0.500. The van der Waals surface area contributed by atoms with Crippen LogP contribution in [-0.4, -0.2) is 61.1 Å². The van der Waals surface area contributed by atoms with Gasteiger partial charge in [-0.15, -0.1) is 0 Å². The Labute approximate surface area is 201 Å². The number of piperazine rings is 1. The normalized spacial score (nSPS) is 20.2. The van der Waals surface area contributed by atoms with E-state index in [1.165, 1.54) is 24.5 Å². The number of urea groups is 1. The molecule has 0 saturated carbocycles. The highest BCUT2D eigenvalue weighted by Crippen LogP contribution is 2.25. The van der Waals surface area contributed by atoms with E-state index >= 15 is 0 Å². The van der Waals surface area contributed by atoms with Crippen molar-refractivity contribution in [2.45, 2.75) is 38.8 Å². The number of carbonyl (C=O) groups is 1. The molecule has 0 aromatic heterocycles. The van der Waals surface area contributed by atoms with Crippen LogP contribution < -0.4 is 10.2 Å². The fourth-order valence-electron chi connectivity index (χ4n) is 4.94. The molecule has 2 aromatic carbocycles. The van der Waals surface area contributed by atoms with Crippen molar-refractivity contribution < 1.29 is 9.18 Å². The number of hydrogen-bond donors (Lipinski definition) is 1. The Morgan fingerprint density at radius 3 is 2.55 bits per heavy atom. The fourth-order valence-corrected chi connectivity index (χ4v) is 5.05. The molecule has 2 saturated heterocycles. The van der Waals surface area contributed by atoms with Crippen molar-refractivity contribution in [3.05, 3.63) is 64.9 Å². The van der Waals surface area contributed by atoms with Gasteiger partial charge in [0.25, 0.3) is 0 Å². The highest BCUT2D eigenvalue weighted by atomic mass is 35.5. The third-order valence-electron chi connectivity index (χ3n) is 6.94. The summed E-state index contributed by atoms with van der Waals surface area (Å²) < 4.78 is 13.8. The standard InChI is InChI=1S/C26H34ClFN4O/c1-20-18-31(23-7-8-24(27)25(28)17-23)15-16-32(20)26(33)29-12-9-21-10-13-30(14-11-21)19-22-5-3-2-4-6-22/h2-8,17,20-21H,9-16,18-19H2,1H3,(H,29,33)/t20-/m1/s1. The summed E-state index contributed by atoms with van der Waals surface area (Å²) in [4.78, 5) is 19.3. The molecule has 2 aliphatic heterocycles. The van der Waals surface area contributed by atoms with Crippen molar-refractivity contribution in [2.24, 2.45) is 5.92 Å². The molecule has 33 heavy (non-hydrogen) atoms. The summed E-state index contributed by atoms with van der Waals surface area (Å²) in [5, 5.41) is 3.26. The summed E-state index contributed by atoms with van der Waals surface area (Å²) in [7, 11) is 0. The molecule has 1 atom stereocenters. The zero-order valence-electron chi connectivity index (χ0n) is 19.4. The number of likely N-dealkylation sites (tertiary alicyclic amines) is 1. The Balaban J connectivity index is 1.16. The van der Waals surface area contributed by atoms with Crippen LogP contribution >= 0.6 is 11.6 Å². The summed E-state index contributed by atoms with van der Waals surface area (Å²) >= 11 is 5.80. The van der Waals surface area contributed by atoms with Gasteiger partial charge in [0.05, 0.1) is 5.02 Å². The molecule has 178 valence electrons. The molecular formula is C26H34ClFN4O. The van der Waals surface area contributed by atoms with Crippen molar-refractivity contribution in [2.75, 3.05) is 44.2 Å². The molecule has 4 rings (SSSR count). The number of amides is 2. The lowest BCUT2D eigenvalue weighted by Gasteiger charge is -2.41. The van der Waals surface area contributed by atoms with Crippen LogP contribution in [0.3, 0.4) is 0 Å². The number of hydrogen-bond acceptors (Lipinski definition) is 3. The lowest BCUT2D eigenvalue weighted by atomic mass is 9.93. The van der Waals surface area contributed by atoms with Gasteiger partial charge in [-0.25, -0.2) is 9.18 Å². The van der Waals surface area contributed by atoms with Gasteiger partial charge in [0.2, 0.25) is 0 Å². The third-order valence-corrected chi connectivity index (χ3v) is 7.25. The van der Waals surface area contributed by atoms with Crippen LogP contribution in [0.25, 0.3) is 0 Å². The first-order chi connectivity index (χ1) is 16.0. The molecule has 2 fully saturated rings. The maximum atomic E-state index is 13.8. The quantitative estimate of drug-likeness (QED) is 0.642. The van der Waals surface area contributed by atoms with Crippen LogP contribution in [0.1, 0.15) is 31.7 Å². The highest BCUT2D eigenvalue weighted by molar-refractivity contribution is 6.30. The lowest BCUT2D eigenvalue weighted by molar-refractivity contribution is 0.162. The number of anilines is 1. The Hall–Kier alpha value is -2.31. The Bertz CT molecular complexity index is 920. The molecule has 5 nitrogen and oxygen atoms in total. The number of nitrogens with zero attached hydrogens (tertiary/aromatic N) is 3. The van der Waals surface area contributed by atoms with Gasteiger partial charge in [-0.3, -0.25) is 4.90 Å². The second-order valence-electron chi connectivity index (χ2n) is 9.31. The minimum Gasteiger partial charge on any atom is -0.368 e. The molecule has 1 N–H and O–H groups in total. The topological polar surface area (TPSA) is 38.8 Å². The van der Waals surface area contributed by atoms with Gasteiger partial charge in [0.1, 0.15) is 5.82 Å². The van der Waals surface area contributed by atoms with E-state index in [1.54, 1.807) is 6.07 Å².